The molecule has 2 heteroatoms. The number of rotatable bonds is 9. The van der Waals surface area contributed by atoms with Crippen LogP contribution in [0.15, 0.2) is 30.3 Å². The van der Waals surface area contributed by atoms with Crippen LogP contribution in [0, 0.1) is 5.92 Å². The summed E-state index contributed by atoms with van der Waals surface area (Å²) in [4.78, 5) is 0. The molecule has 3 fully saturated rings. The van der Waals surface area contributed by atoms with Gasteiger partial charge < -0.3 is 9.47 Å². The predicted octanol–water partition coefficient (Wildman–Crippen LogP) is 4.72. The summed E-state index contributed by atoms with van der Waals surface area (Å²) in [5.41, 5.74) is 1.41. The normalized spacial score (nSPS) is 30.3. The molecule has 0 aromatic heterocycles. The highest BCUT2D eigenvalue weighted by molar-refractivity contribution is 5.17. The maximum absolute atomic E-state index is 6.20. The lowest BCUT2D eigenvalue weighted by Crippen LogP contribution is -2.48. The Kier molecular flexibility index (Phi) is 4.97. The van der Waals surface area contributed by atoms with Crippen molar-refractivity contribution in [1.29, 1.82) is 0 Å². The minimum atomic E-state index is -0.245. The Labute approximate surface area is 128 Å². The zero-order valence-corrected chi connectivity index (χ0v) is 13.2. The first-order valence-corrected chi connectivity index (χ1v) is 8.68. The van der Waals surface area contributed by atoms with Crippen molar-refractivity contribution < 1.29 is 9.47 Å². The summed E-state index contributed by atoms with van der Waals surface area (Å²) in [6.07, 6.45) is 10.3. The van der Waals surface area contributed by atoms with Crippen LogP contribution in [-0.4, -0.2) is 18.5 Å². The van der Waals surface area contributed by atoms with E-state index in [0.29, 0.717) is 12.0 Å². The molecule has 1 saturated carbocycles. The van der Waals surface area contributed by atoms with Gasteiger partial charge in [0.1, 0.15) is 0 Å². The molecule has 0 radical (unpaired) electrons. The van der Waals surface area contributed by atoms with Gasteiger partial charge in [0.2, 0.25) is 0 Å². The Balaban J connectivity index is 1.45. The second-order valence-corrected chi connectivity index (χ2v) is 6.64. The van der Waals surface area contributed by atoms with E-state index in [-0.39, 0.29) is 5.79 Å². The first-order valence-electron chi connectivity index (χ1n) is 8.68. The molecule has 3 unspecified atom stereocenters. The number of benzene rings is 1. The van der Waals surface area contributed by atoms with Crippen LogP contribution in [0.2, 0.25) is 0 Å². The fourth-order valence-corrected chi connectivity index (χ4v) is 3.78. The summed E-state index contributed by atoms with van der Waals surface area (Å²) in [5.74, 6) is 0.297. The molecule has 2 bridgehead atoms. The lowest BCUT2D eigenvalue weighted by molar-refractivity contribution is -0.316. The van der Waals surface area contributed by atoms with Crippen molar-refractivity contribution in [2.45, 2.75) is 70.2 Å². The highest BCUT2D eigenvalue weighted by Gasteiger charge is 2.59. The maximum atomic E-state index is 6.20. The maximum Gasteiger partial charge on any atom is 0.174 e. The Morgan fingerprint density at radius 3 is 2.67 bits per heavy atom. The van der Waals surface area contributed by atoms with Crippen LogP contribution in [0.5, 0.6) is 0 Å². The van der Waals surface area contributed by atoms with Gasteiger partial charge in [0.05, 0.1) is 12.7 Å². The molecule has 21 heavy (non-hydrogen) atoms. The third kappa shape index (κ3) is 3.49. The number of hydrogen-bond donors (Lipinski definition) is 0. The van der Waals surface area contributed by atoms with Crippen LogP contribution in [0.3, 0.4) is 0 Å². The molecule has 3 aliphatic rings. The monoisotopic (exact) mass is 288 g/mol. The van der Waals surface area contributed by atoms with Crippen molar-refractivity contribution in [3.05, 3.63) is 35.9 Å². The zero-order valence-electron chi connectivity index (χ0n) is 13.2. The van der Waals surface area contributed by atoms with Crippen LogP contribution in [0.25, 0.3) is 0 Å². The first kappa shape index (κ1) is 15.1. The molecule has 0 amide bonds. The average Bonchev–Trinajstić information content (AvgIpc) is 2.97. The van der Waals surface area contributed by atoms with Gasteiger partial charge in [0, 0.05) is 12.3 Å². The van der Waals surface area contributed by atoms with Gasteiger partial charge in [-0.1, -0.05) is 62.9 Å². The summed E-state index contributed by atoms with van der Waals surface area (Å²) in [7, 11) is 0. The van der Waals surface area contributed by atoms with E-state index < -0.39 is 0 Å². The smallest absolute Gasteiger partial charge is 0.174 e. The average molecular weight is 288 g/mol. The molecule has 1 aromatic rings. The quantitative estimate of drug-likeness (QED) is 0.612. The van der Waals surface area contributed by atoms with E-state index in [1.807, 2.05) is 0 Å². The van der Waals surface area contributed by atoms with Crippen LogP contribution < -0.4 is 0 Å². The molecule has 1 aromatic carbocycles. The van der Waals surface area contributed by atoms with Crippen LogP contribution >= 0.6 is 0 Å². The lowest BCUT2D eigenvalue weighted by atomic mass is 9.94. The summed E-state index contributed by atoms with van der Waals surface area (Å²) < 4.78 is 12.2. The molecule has 2 aliphatic heterocycles. The molecule has 3 atom stereocenters. The van der Waals surface area contributed by atoms with Gasteiger partial charge in [-0.2, -0.15) is 0 Å². The summed E-state index contributed by atoms with van der Waals surface area (Å²) >= 11 is 0. The second kappa shape index (κ2) is 6.93. The van der Waals surface area contributed by atoms with E-state index in [1.165, 1.54) is 44.1 Å². The Morgan fingerprint density at radius 2 is 1.90 bits per heavy atom. The topological polar surface area (TPSA) is 18.5 Å². The summed E-state index contributed by atoms with van der Waals surface area (Å²) in [6.45, 7) is 3.12. The van der Waals surface area contributed by atoms with Gasteiger partial charge in [-0.3, -0.25) is 0 Å². The van der Waals surface area contributed by atoms with Crippen LogP contribution in [-0.2, 0) is 15.9 Å². The van der Waals surface area contributed by atoms with Gasteiger partial charge in [0.25, 0.3) is 0 Å². The molecular formula is C19H28O2. The van der Waals surface area contributed by atoms with Crippen molar-refractivity contribution in [2.75, 3.05) is 6.61 Å². The molecule has 2 nitrogen and oxygen atoms in total. The third-order valence-corrected chi connectivity index (χ3v) is 4.97. The standard InChI is InChI=1S/C19H28O2/c1-2-3-4-5-9-12-20-19-15-18(21-19)14-17(19)13-16-10-7-6-8-11-16/h6-8,10-11,17-18H,2-5,9,12-15H2,1H3. The van der Waals surface area contributed by atoms with Crippen molar-refractivity contribution >= 4 is 0 Å². The van der Waals surface area contributed by atoms with E-state index >= 15 is 0 Å². The Morgan fingerprint density at radius 1 is 1.14 bits per heavy atom. The van der Waals surface area contributed by atoms with Crippen molar-refractivity contribution in [3.63, 3.8) is 0 Å². The number of hydrogen-bond acceptors (Lipinski definition) is 2. The minimum absolute atomic E-state index is 0.245. The highest BCUT2D eigenvalue weighted by Crippen LogP contribution is 2.53. The Hall–Kier alpha value is -0.860. The van der Waals surface area contributed by atoms with Gasteiger partial charge in [-0.05, 0) is 24.8 Å². The molecule has 116 valence electrons. The Bertz CT molecular complexity index is 422. The van der Waals surface area contributed by atoms with Gasteiger partial charge >= 0.3 is 0 Å². The van der Waals surface area contributed by atoms with E-state index in [2.05, 4.69) is 37.3 Å². The van der Waals surface area contributed by atoms with E-state index in [9.17, 15) is 0 Å². The van der Waals surface area contributed by atoms with Crippen LogP contribution in [0.1, 0.15) is 57.4 Å². The van der Waals surface area contributed by atoms with Crippen molar-refractivity contribution in [1.82, 2.24) is 0 Å². The SMILES string of the molecule is CCCCCCCOC12CC(CC1Cc1ccccc1)O2. The fraction of sp³-hybridized carbons (Fsp3) is 0.684. The van der Waals surface area contributed by atoms with E-state index in [1.54, 1.807) is 0 Å². The molecule has 0 N–H and O–H groups in total. The molecule has 2 heterocycles. The van der Waals surface area contributed by atoms with E-state index in [0.717, 1.165) is 19.4 Å². The number of unbranched alkanes of at least 4 members (excludes halogenated alkanes) is 4. The largest absolute Gasteiger partial charge is 0.349 e. The fourth-order valence-electron chi connectivity index (χ4n) is 3.78. The van der Waals surface area contributed by atoms with Gasteiger partial charge in [-0.25, -0.2) is 0 Å². The van der Waals surface area contributed by atoms with Gasteiger partial charge in [0.15, 0.2) is 5.79 Å². The van der Waals surface area contributed by atoms with E-state index in [4.69, 9.17) is 9.47 Å². The molecule has 2 saturated heterocycles. The van der Waals surface area contributed by atoms with Crippen molar-refractivity contribution in [3.8, 4) is 0 Å². The molecule has 4 rings (SSSR count). The summed E-state index contributed by atoms with van der Waals surface area (Å²) in [5, 5.41) is 0. The number of ether oxygens (including phenoxy) is 2. The van der Waals surface area contributed by atoms with Crippen LogP contribution in [0.4, 0.5) is 0 Å². The molecule has 0 spiro atoms. The zero-order chi connectivity index (χ0) is 14.5. The third-order valence-electron chi connectivity index (χ3n) is 4.97. The van der Waals surface area contributed by atoms with Crippen molar-refractivity contribution in [2.24, 2.45) is 5.92 Å². The first-order chi connectivity index (χ1) is 10.3. The van der Waals surface area contributed by atoms with Gasteiger partial charge in [-0.15, -0.1) is 0 Å². The minimum Gasteiger partial charge on any atom is -0.349 e. The molecular weight excluding hydrogens is 260 g/mol. The highest BCUT2D eigenvalue weighted by atomic mass is 16.7. The summed E-state index contributed by atoms with van der Waals surface area (Å²) in [6, 6.07) is 10.8. The second-order valence-electron chi connectivity index (χ2n) is 6.64. The predicted molar refractivity (Wildman–Crippen MR) is 85.2 cm³/mol. The molecule has 1 aliphatic carbocycles. The lowest BCUT2D eigenvalue weighted by Gasteiger charge is -2.41. The number of fused-ring (bicyclic) bond motifs is 1.